The molecule has 0 heterocycles. The fraction of sp³-hybridized carbons (Fsp3) is 0.500. The molecule has 0 amide bonds. The van der Waals surface area contributed by atoms with E-state index in [1.165, 1.54) is 0 Å². The van der Waals surface area contributed by atoms with Crippen LogP contribution in [0.25, 0.3) is 0 Å². The molecular weight excluding hydrogens is 352 g/mol. The minimum atomic E-state index is -0.732. The fourth-order valence-corrected chi connectivity index (χ4v) is 2.75. The van der Waals surface area contributed by atoms with Crippen LogP contribution in [0.4, 0.5) is 0 Å². The van der Waals surface area contributed by atoms with E-state index in [0.717, 1.165) is 14.5 Å². The lowest BCUT2D eigenvalue weighted by molar-refractivity contribution is 0.0551. The molecule has 0 spiro atoms. The Hall–Kier alpha value is -0.100. The molecule has 0 fully saturated rings. The van der Waals surface area contributed by atoms with Gasteiger partial charge in [-0.1, -0.05) is 0 Å². The van der Waals surface area contributed by atoms with Crippen molar-refractivity contribution in [3.8, 4) is 5.75 Å². The zero-order chi connectivity index (χ0) is 13.1. The third kappa shape index (κ3) is 4.95. The molecule has 1 aromatic rings. The van der Waals surface area contributed by atoms with E-state index in [1.54, 1.807) is 13.8 Å². The Kier molecular flexibility index (Phi) is 5.44. The maximum atomic E-state index is 9.58. The molecule has 96 valence electrons. The van der Waals surface area contributed by atoms with Crippen LogP contribution in [-0.4, -0.2) is 22.4 Å². The molecule has 3 nitrogen and oxygen atoms in total. The third-order valence-corrected chi connectivity index (χ3v) is 3.38. The van der Waals surface area contributed by atoms with Gasteiger partial charge in [0.25, 0.3) is 0 Å². The number of ether oxygens (including phenoxy) is 1. The van der Waals surface area contributed by atoms with Crippen LogP contribution in [0.15, 0.2) is 21.1 Å². The van der Waals surface area contributed by atoms with Crippen molar-refractivity contribution >= 4 is 31.9 Å². The number of benzene rings is 1. The van der Waals surface area contributed by atoms with Crippen molar-refractivity contribution in [1.82, 2.24) is 0 Å². The van der Waals surface area contributed by atoms with E-state index in [-0.39, 0.29) is 6.61 Å². The first kappa shape index (κ1) is 15.0. The second kappa shape index (κ2) is 6.18. The van der Waals surface area contributed by atoms with Crippen molar-refractivity contribution < 1.29 is 14.9 Å². The monoisotopic (exact) mass is 366 g/mol. The highest BCUT2D eigenvalue weighted by atomic mass is 79.9. The molecular formula is C12H16Br2O3. The van der Waals surface area contributed by atoms with E-state index in [2.05, 4.69) is 31.9 Å². The second-order valence-corrected chi connectivity index (χ2v) is 6.17. The first-order chi connectivity index (χ1) is 7.83. The van der Waals surface area contributed by atoms with Gasteiger partial charge in [-0.25, -0.2) is 0 Å². The van der Waals surface area contributed by atoms with E-state index >= 15 is 0 Å². The summed E-state index contributed by atoms with van der Waals surface area (Å²) in [6, 6.07) is 3.62. The van der Waals surface area contributed by atoms with Gasteiger partial charge in [0, 0.05) is 6.42 Å². The number of aliphatic hydroxyl groups excluding tert-OH is 1. The summed E-state index contributed by atoms with van der Waals surface area (Å²) >= 11 is 6.78. The number of hydrogen-bond donors (Lipinski definition) is 2. The minimum absolute atomic E-state index is 0.0127. The van der Waals surface area contributed by atoms with Gasteiger partial charge in [-0.3, -0.25) is 0 Å². The van der Waals surface area contributed by atoms with Crippen LogP contribution in [0, 0.1) is 0 Å². The predicted molar refractivity (Wildman–Crippen MR) is 74.2 cm³/mol. The SMILES string of the molecule is CC(C)(O)CCOc1c(Br)cc(CO)cc1Br. The highest BCUT2D eigenvalue weighted by Gasteiger charge is 2.14. The Morgan fingerprint density at radius 2 is 1.76 bits per heavy atom. The van der Waals surface area contributed by atoms with Crippen LogP contribution in [0.3, 0.4) is 0 Å². The molecule has 0 aliphatic carbocycles. The first-order valence-electron chi connectivity index (χ1n) is 5.27. The van der Waals surface area contributed by atoms with E-state index in [0.29, 0.717) is 18.8 Å². The molecule has 0 bridgehead atoms. The zero-order valence-corrected chi connectivity index (χ0v) is 13.0. The van der Waals surface area contributed by atoms with E-state index in [4.69, 9.17) is 9.84 Å². The Labute approximate surface area is 118 Å². The van der Waals surface area contributed by atoms with Crippen LogP contribution >= 0.6 is 31.9 Å². The molecule has 0 aromatic heterocycles. The van der Waals surface area contributed by atoms with Crippen LogP contribution in [0.2, 0.25) is 0 Å². The lowest BCUT2D eigenvalue weighted by atomic mass is 10.1. The molecule has 0 atom stereocenters. The van der Waals surface area contributed by atoms with Crippen molar-refractivity contribution in [2.75, 3.05) is 6.61 Å². The van der Waals surface area contributed by atoms with E-state index < -0.39 is 5.60 Å². The number of halogens is 2. The van der Waals surface area contributed by atoms with Gasteiger partial charge >= 0.3 is 0 Å². The molecule has 0 unspecified atom stereocenters. The zero-order valence-electron chi connectivity index (χ0n) is 9.83. The Morgan fingerprint density at radius 1 is 1.24 bits per heavy atom. The maximum absolute atomic E-state index is 9.58. The van der Waals surface area contributed by atoms with Gasteiger partial charge < -0.3 is 14.9 Å². The molecule has 0 saturated heterocycles. The van der Waals surface area contributed by atoms with Crippen molar-refractivity contribution in [1.29, 1.82) is 0 Å². The number of hydrogen-bond acceptors (Lipinski definition) is 3. The summed E-state index contributed by atoms with van der Waals surface area (Å²) in [4.78, 5) is 0. The molecule has 1 aromatic carbocycles. The molecule has 0 saturated carbocycles. The summed E-state index contributed by atoms with van der Waals surface area (Å²) in [5, 5.41) is 18.6. The molecule has 0 aliphatic heterocycles. The summed E-state index contributed by atoms with van der Waals surface area (Å²) in [6.45, 7) is 3.91. The highest BCUT2D eigenvalue weighted by Crippen LogP contribution is 2.35. The van der Waals surface area contributed by atoms with Crippen LogP contribution in [-0.2, 0) is 6.61 Å². The van der Waals surface area contributed by atoms with Crippen molar-refractivity contribution in [3.05, 3.63) is 26.6 Å². The molecule has 2 N–H and O–H groups in total. The lowest BCUT2D eigenvalue weighted by Gasteiger charge is -2.18. The van der Waals surface area contributed by atoms with Gasteiger partial charge in [0.2, 0.25) is 0 Å². The van der Waals surface area contributed by atoms with Gasteiger partial charge in [-0.05, 0) is 63.4 Å². The van der Waals surface area contributed by atoms with Crippen LogP contribution < -0.4 is 4.74 Å². The lowest BCUT2D eigenvalue weighted by Crippen LogP contribution is -2.21. The largest absolute Gasteiger partial charge is 0.491 e. The third-order valence-electron chi connectivity index (χ3n) is 2.20. The first-order valence-corrected chi connectivity index (χ1v) is 6.86. The average molecular weight is 368 g/mol. The highest BCUT2D eigenvalue weighted by molar-refractivity contribution is 9.11. The minimum Gasteiger partial charge on any atom is -0.491 e. The van der Waals surface area contributed by atoms with Gasteiger partial charge in [0.15, 0.2) is 0 Å². The summed E-state index contributed by atoms with van der Waals surface area (Å²) < 4.78 is 7.18. The molecule has 0 aliphatic rings. The molecule has 5 heteroatoms. The summed E-state index contributed by atoms with van der Waals surface area (Å²) in [5.74, 6) is 0.687. The maximum Gasteiger partial charge on any atom is 0.147 e. The predicted octanol–water partition coefficient (Wildman–Crippen LogP) is 3.24. The molecule has 1 rings (SSSR count). The summed E-state index contributed by atoms with van der Waals surface area (Å²) in [6.07, 6.45) is 0.549. The van der Waals surface area contributed by atoms with E-state index in [1.807, 2.05) is 12.1 Å². The normalized spacial score (nSPS) is 11.6. The van der Waals surface area contributed by atoms with Crippen molar-refractivity contribution in [3.63, 3.8) is 0 Å². The summed E-state index contributed by atoms with van der Waals surface area (Å²) in [5.41, 5.74) is 0.0721. The van der Waals surface area contributed by atoms with Gasteiger partial charge in [0.1, 0.15) is 5.75 Å². The molecule has 17 heavy (non-hydrogen) atoms. The Bertz CT molecular complexity index is 363. The van der Waals surface area contributed by atoms with Crippen molar-refractivity contribution in [2.45, 2.75) is 32.5 Å². The second-order valence-electron chi connectivity index (χ2n) is 4.46. The topological polar surface area (TPSA) is 49.7 Å². The summed E-state index contributed by atoms with van der Waals surface area (Å²) in [7, 11) is 0. The van der Waals surface area contributed by atoms with Gasteiger partial charge in [-0.15, -0.1) is 0 Å². The smallest absolute Gasteiger partial charge is 0.147 e. The quantitative estimate of drug-likeness (QED) is 0.839. The number of rotatable bonds is 5. The Balaban J connectivity index is 2.72. The molecule has 0 radical (unpaired) electrons. The standard InChI is InChI=1S/C12H16Br2O3/c1-12(2,16)3-4-17-11-9(13)5-8(7-15)6-10(11)14/h5-6,15-16H,3-4,7H2,1-2H3. The number of aliphatic hydroxyl groups is 2. The van der Waals surface area contributed by atoms with E-state index in [9.17, 15) is 5.11 Å². The van der Waals surface area contributed by atoms with Gasteiger partial charge in [-0.2, -0.15) is 0 Å². The van der Waals surface area contributed by atoms with Crippen LogP contribution in [0.1, 0.15) is 25.8 Å². The average Bonchev–Trinajstić information content (AvgIpc) is 2.20. The van der Waals surface area contributed by atoms with Crippen LogP contribution in [0.5, 0.6) is 5.75 Å². The fourth-order valence-electron chi connectivity index (χ4n) is 1.24. The van der Waals surface area contributed by atoms with Crippen molar-refractivity contribution in [2.24, 2.45) is 0 Å². The van der Waals surface area contributed by atoms with Gasteiger partial charge in [0.05, 0.1) is 27.8 Å². The Morgan fingerprint density at radius 3 is 2.18 bits per heavy atom.